The van der Waals surface area contributed by atoms with E-state index in [9.17, 15) is 13.2 Å². The molecule has 34 heavy (non-hydrogen) atoms. The van der Waals surface area contributed by atoms with Crippen molar-refractivity contribution in [2.75, 3.05) is 44.8 Å². The van der Waals surface area contributed by atoms with E-state index >= 15 is 0 Å². The second kappa shape index (κ2) is 11.2. The van der Waals surface area contributed by atoms with Gasteiger partial charge in [-0.1, -0.05) is 37.3 Å². The van der Waals surface area contributed by atoms with E-state index in [0.717, 1.165) is 19.3 Å². The average molecular weight is 490 g/mol. The number of methoxy groups -OCH3 is 1. The van der Waals surface area contributed by atoms with Gasteiger partial charge in [-0.05, 0) is 30.5 Å². The Morgan fingerprint density at radius 2 is 1.82 bits per heavy atom. The molecule has 0 saturated heterocycles. The van der Waals surface area contributed by atoms with Crippen LogP contribution >= 0.6 is 0 Å². The summed E-state index contributed by atoms with van der Waals surface area (Å²) < 4.78 is 37.8. The van der Waals surface area contributed by atoms with Gasteiger partial charge in [0.2, 0.25) is 10.0 Å². The van der Waals surface area contributed by atoms with E-state index in [4.69, 9.17) is 9.47 Å². The molecule has 2 aromatic rings. The summed E-state index contributed by atoms with van der Waals surface area (Å²) in [6, 6.07) is 15.0. The van der Waals surface area contributed by atoms with Crippen LogP contribution in [0.15, 0.2) is 48.5 Å². The lowest BCUT2D eigenvalue weighted by Gasteiger charge is -2.36. The van der Waals surface area contributed by atoms with Gasteiger partial charge in [-0.2, -0.15) is 0 Å². The number of fused-ring (bicyclic) bond motifs is 1. The fraction of sp³-hybridized carbons (Fsp3) is 0.480. The normalized spacial score (nSPS) is 22.8. The Labute approximate surface area is 202 Å². The zero-order valence-corrected chi connectivity index (χ0v) is 21.3. The number of sulfonamides is 1. The van der Waals surface area contributed by atoms with Gasteiger partial charge in [0.25, 0.3) is 5.91 Å². The van der Waals surface area contributed by atoms with Crippen molar-refractivity contribution in [3.8, 4) is 5.75 Å². The standard InChI is InChI=1S/C25H35N3O5S/c1-18-14-28(15-20-9-7-6-8-10-20)19(2)17-33-23-13-21(26-34(5,30)31)11-12-22(23)25(29)27(3)16-24(18)32-4/h6-13,18-19,24,26H,14-17H2,1-5H3/t18-,19-,24-/m1/s1. The molecule has 3 rings (SSSR count). The first-order chi connectivity index (χ1) is 16.1. The maximum atomic E-state index is 13.2. The number of hydrogen-bond donors (Lipinski definition) is 1. The van der Waals surface area contributed by atoms with Crippen molar-refractivity contribution in [2.24, 2.45) is 5.92 Å². The van der Waals surface area contributed by atoms with E-state index in [0.29, 0.717) is 30.2 Å². The summed E-state index contributed by atoms with van der Waals surface area (Å²) in [6.45, 7) is 6.51. The van der Waals surface area contributed by atoms with Gasteiger partial charge in [0.05, 0.1) is 23.6 Å². The lowest BCUT2D eigenvalue weighted by molar-refractivity contribution is 0.00922. The molecule has 3 atom stereocenters. The third kappa shape index (κ3) is 6.94. The summed E-state index contributed by atoms with van der Waals surface area (Å²) in [6.07, 6.45) is 0.941. The topological polar surface area (TPSA) is 88.2 Å². The molecule has 1 amide bonds. The molecule has 0 saturated carbocycles. The van der Waals surface area contributed by atoms with Gasteiger partial charge < -0.3 is 14.4 Å². The number of hydrogen-bond acceptors (Lipinski definition) is 6. The number of nitrogens with one attached hydrogen (secondary N) is 1. The fourth-order valence-electron chi connectivity index (χ4n) is 4.16. The van der Waals surface area contributed by atoms with Crippen LogP contribution in [0.25, 0.3) is 0 Å². The molecule has 0 aromatic heterocycles. The van der Waals surface area contributed by atoms with Crippen LogP contribution in [0.4, 0.5) is 5.69 Å². The largest absolute Gasteiger partial charge is 0.491 e. The molecule has 1 heterocycles. The predicted molar refractivity (Wildman–Crippen MR) is 134 cm³/mol. The van der Waals surface area contributed by atoms with Crippen molar-refractivity contribution in [2.45, 2.75) is 32.5 Å². The van der Waals surface area contributed by atoms with Crippen LogP contribution in [0.5, 0.6) is 5.75 Å². The van der Waals surface area contributed by atoms with Gasteiger partial charge in [-0.3, -0.25) is 14.4 Å². The second-order valence-electron chi connectivity index (χ2n) is 9.10. The third-order valence-electron chi connectivity index (χ3n) is 6.11. The van der Waals surface area contributed by atoms with Crippen LogP contribution in [0, 0.1) is 5.92 Å². The average Bonchev–Trinajstić information content (AvgIpc) is 2.79. The van der Waals surface area contributed by atoms with Crippen molar-refractivity contribution >= 4 is 21.6 Å². The first kappa shape index (κ1) is 26.0. The minimum absolute atomic E-state index is 0.0341. The van der Waals surface area contributed by atoms with Crippen molar-refractivity contribution < 1.29 is 22.7 Å². The number of amides is 1. The summed E-state index contributed by atoms with van der Waals surface area (Å²) in [5.41, 5.74) is 1.93. The minimum atomic E-state index is -3.46. The monoisotopic (exact) mass is 489 g/mol. The molecule has 0 unspecified atom stereocenters. The third-order valence-corrected chi connectivity index (χ3v) is 6.71. The Balaban J connectivity index is 1.96. The smallest absolute Gasteiger partial charge is 0.257 e. The Kier molecular flexibility index (Phi) is 8.57. The van der Waals surface area contributed by atoms with Crippen molar-refractivity contribution in [3.05, 3.63) is 59.7 Å². The number of anilines is 1. The lowest BCUT2D eigenvalue weighted by Crippen LogP contribution is -2.46. The lowest BCUT2D eigenvalue weighted by atomic mass is 10.0. The Morgan fingerprint density at radius 3 is 2.47 bits per heavy atom. The van der Waals surface area contributed by atoms with Crippen LogP contribution in [-0.2, 0) is 21.3 Å². The molecule has 0 aliphatic carbocycles. The van der Waals surface area contributed by atoms with E-state index in [1.54, 1.807) is 37.3 Å². The van der Waals surface area contributed by atoms with Crippen LogP contribution in [0.3, 0.4) is 0 Å². The van der Waals surface area contributed by atoms with E-state index in [1.807, 2.05) is 18.2 Å². The molecule has 8 nitrogen and oxygen atoms in total. The zero-order valence-electron chi connectivity index (χ0n) is 20.5. The van der Waals surface area contributed by atoms with Crippen LogP contribution in [0.1, 0.15) is 29.8 Å². The summed E-state index contributed by atoms with van der Waals surface area (Å²) in [5, 5.41) is 0. The summed E-state index contributed by atoms with van der Waals surface area (Å²) >= 11 is 0. The number of benzene rings is 2. The fourth-order valence-corrected chi connectivity index (χ4v) is 4.72. The summed E-state index contributed by atoms with van der Waals surface area (Å²) in [7, 11) is -0.0478. The van der Waals surface area contributed by atoms with Crippen molar-refractivity contribution in [3.63, 3.8) is 0 Å². The van der Waals surface area contributed by atoms with Crippen LogP contribution in [0.2, 0.25) is 0 Å². The predicted octanol–water partition coefficient (Wildman–Crippen LogP) is 3.06. The molecule has 1 N–H and O–H groups in total. The highest BCUT2D eigenvalue weighted by atomic mass is 32.2. The maximum Gasteiger partial charge on any atom is 0.257 e. The van der Waals surface area contributed by atoms with Crippen LogP contribution < -0.4 is 9.46 Å². The van der Waals surface area contributed by atoms with Crippen molar-refractivity contribution in [1.82, 2.24) is 9.80 Å². The molecule has 0 radical (unpaired) electrons. The number of likely N-dealkylation sites (N-methyl/N-ethyl adjacent to an activating group) is 1. The molecule has 0 bridgehead atoms. The minimum Gasteiger partial charge on any atom is -0.491 e. The first-order valence-electron chi connectivity index (χ1n) is 11.4. The summed E-state index contributed by atoms with van der Waals surface area (Å²) in [4.78, 5) is 17.2. The highest BCUT2D eigenvalue weighted by molar-refractivity contribution is 7.92. The van der Waals surface area contributed by atoms with Gasteiger partial charge >= 0.3 is 0 Å². The van der Waals surface area contributed by atoms with Gasteiger partial charge in [0.15, 0.2) is 0 Å². The molecule has 1 aliphatic rings. The van der Waals surface area contributed by atoms with E-state index in [2.05, 4.69) is 35.6 Å². The number of nitrogens with zero attached hydrogens (tertiary/aromatic N) is 2. The number of rotatable bonds is 5. The second-order valence-corrected chi connectivity index (χ2v) is 10.8. The van der Waals surface area contributed by atoms with Gasteiger partial charge in [0, 0.05) is 45.9 Å². The SMILES string of the molecule is CO[C@@H]1CN(C)C(=O)c2ccc(NS(C)(=O)=O)cc2OC[C@@H](C)N(Cc2ccccc2)C[C@H]1C. The highest BCUT2D eigenvalue weighted by Gasteiger charge is 2.28. The molecule has 2 aromatic carbocycles. The molecule has 0 fully saturated rings. The van der Waals surface area contributed by atoms with E-state index in [-0.39, 0.29) is 24.0 Å². The molecular formula is C25H35N3O5S. The molecule has 0 spiro atoms. The highest BCUT2D eigenvalue weighted by Crippen LogP contribution is 2.27. The summed E-state index contributed by atoms with van der Waals surface area (Å²) in [5.74, 6) is 0.316. The quantitative estimate of drug-likeness (QED) is 0.695. The molecular weight excluding hydrogens is 454 g/mol. The maximum absolute atomic E-state index is 13.2. The van der Waals surface area contributed by atoms with Crippen molar-refractivity contribution in [1.29, 1.82) is 0 Å². The zero-order chi connectivity index (χ0) is 24.9. The Bertz CT molecular complexity index is 1080. The van der Waals surface area contributed by atoms with E-state index in [1.165, 1.54) is 5.56 Å². The molecule has 9 heteroatoms. The van der Waals surface area contributed by atoms with Crippen LogP contribution in [-0.4, -0.2) is 76.4 Å². The van der Waals surface area contributed by atoms with E-state index < -0.39 is 10.0 Å². The first-order valence-corrected chi connectivity index (χ1v) is 13.3. The van der Waals surface area contributed by atoms with Gasteiger partial charge in [0.1, 0.15) is 12.4 Å². The molecule has 186 valence electrons. The van der Waals surface area contributed by atoms with Gasteiger partial charge in [-0.15, -0.1) is 0 Å². The Hall–Kier alpha value is -2.62. The Morgan fingerprint density at radius 1 is 1.12 bits per heavy atom. The van der Waals surface area contributed by atoms with Gasteiger partial charge in [-0.25, -0.2) is 8.42 Å². The molecule has 1 aliphatic heterocycles. The number of carbonyl (C=O) groups excluding carboxylic acids is 1. The number of carbonyl (C=O) groups is 1. The number of ether oxygens (including phenoxy) is 2.